The van der Waals surface area contributed by atoms with E-state index in [1.165, 1.54) is 18.0 Å². The first-order valence-corrected chi connectivity index (χ1v) is 8.74. The molecular weight excluding hydrogens is 330 g/mol. The lowest BCUT2D eigenvalue weighted by Gasteiger charge is -2.32. The predicted molar refractivity (Wildman–Crippen MR) is 87.6 cm³/mol. The summed E-state index contributed by atoms with van der Waals surface area (Å²) >= 11 is 1.28. The summed E-state index contributed by atoms with van der Waals surface area (Å²) in [4.78, 5) is 30.2. The molecule has 2 aromatic rings. The van der Waals surface area contributed by atoms with Crippen LogP contribution in [0.3, 0.4) is 0 Å². The Balaban J connectivity index is 1.48. The molecule has 0 aliphatic carbocycles. The molecule has 3 heterocycles. The van der Waals surface area contributed by atoms with E-state index >= 15 is 0 Å². The number of furan rings is 1. The van der Waals surface area contributed by atoms with Crippen LogP contribution in [0.5, 0.6) is 0 Å². The van der Waals surface area contributed by atoms with Crippen molar-refractivity contribution in [3.05, 3.63) is 30.0 Å². The monoisotopic (exact) mass is 349 g/mol. The van der Waals surface area contributed by atoms with Crippen molar-refractivity contribution in [2.24, 2.45) is 0 Å². The molecule has 2 amide bonds. The van der Waals surface area contributed by atoms with Gasteiger partial charge in [-0.2, -0.15) is 0 Å². The van der Waals surface area contributed by atoms with Crippen molar-refractivity contribution in [3.8, 4) is 0 Å². The van der Waals surface area contributed by atoms with E-state index in [1.807, 2.05) is 6.92 Å². The standard InChI is InChI=1S/C15H19N5O3S/c1-10-16-15(19-18-10)24-9-13(21)17-11-4-2-6-20(8-11)14(22)12-5-3-7-23-12/h3,5,7,11H,2,4,6,8-9H2,1H3,(H,17,21)(H,16,18,19)/t11-/m1/s1. The van der Waals surface area contributed by atoms with Crippen molar-refractivity contribution >= 4 is 23.6 Å². The molecule has 0 spiro atoms. The van der Waals surface area contributed by atoms with Crippen molar-refractivity contribution in [1.29, 1.82) is 0 Å². The maximum absolute atomic E-state index is 12.3. The number of nitrogens with zero attached hydrogens (tertiary/aromatic N) is 3. The third kappa shape index (κ3) is 4.16. The predicted octanol–water partition coefficient (Wildman–Crippen LogP) is 1.22. The number of hydrogen-bond donors (Lipinski definition) is 2. The van der Waals surface area contributed by atoms with Gasteiger partial charge in [0.05, 0.1) is 12.0 Å². The average molecular weight is 349 g/mol. The number of hydrogen-bond acceptors (Lipinski definition) is 6. The lowest BCUT2D eigenvalue weighted by molar-refractivity contribution is -0.119. The van der Waals surface area contributed by atoms with Gasteiger partial charge in [0.1, 0.15) is 5.82 Å². The highest BCUT2D eigenvalue weighted by molar-refractivity contribution is 7.99. The molecule has 0 saturated carbocycles. The number of piperidine rings is 1. The molecule has 1 aliphatic heterocycles. The van der Waals surface area contributed by atoms with E-state index < -0.39 is 0 Å². The first-order valence-electron chi connectivity index (χ1n) is 7.76. The number of amides is 2. The summed E-state index contributed by atoms with van der Waals surface area (Å²) in [6.07, 6.45) is 3.20. The molecule has 8 nitrogen and oxygen atoms in total. The zero-order valence-electron chi connectivity index (χ0n) is 13.3. The van der Waals surface area contributed by atoms with Gasteiger partial charge >= 0.3 is 0 Å². The normalized spacial score (nSPS) is 17.7. The maximum Gasteiger partial charge on any atom is 0.289 e. The minimum absolute atomic E-state index is 0.0420. The van der Waals surface area contributed by atoms with Crippen LogP contribution < -0.4 is 5.32 Å². The number of aromatic amines is 1. The molecule has 0 bridgehead atoms. The zero-order chi connectivity index (χ0) is 16.9. The quantitative estimate of drug-likeness (QED) is 0.787. The summed E-state index contributed by atoms with van der Waals surface area (Å²) in [5, 5.41) is 10.3. The summed E-state index contributed by atoms with van der Waals surface area (Å²) in [5.74, 6) is 1.08. The molecule has 1 atom stereocenters. The van der Waals surface area contributed by atoms with Crippen LogP contribution in [0.1, 0.15) is 29.2 Å². The van der Waals surface area contributed by atoms with Crippen LogP contribution in [0.4, 0.5) is 0 Å². The van der Waals surface area contributed by atoms with Gasteiger partial charge in [-0.05, 0) is 31.9 Å². The number of thioether (sulfide) groups is 1. The van der Waals surface area contributed by atoms with Gasteiger partial charge in [0.25, 0.3) is 5.91 Å². The lowest BCUT2D eigenvalue weighted by atomic mass is 10.1. The second kappa shape index (κ2) is 7.52. The van der Waals surface area contributed by atoms with Crippen LogP contribution in [-0.2, 0) is 4.79 Å². The van der Waals surface area contributed by atoms with E-state index in [-0.39, 0.29) is 23.6 Å². The molecule has 2 N–H and O–H groups in total. The highest BCUT2D eigenvalue weighted by atomic mass is 32.2. The minimum Gasteiger partial charge on any atom is -0.459 e. The van der Waals surface area contributed by atoms with Gasteiger partial charge in [-0.25, -0.2) is 4.98 Å². The largest absolute Gasteiger partial charge is 0.459 e. The summed E-state index contributed by atoms with van der Waals surface area (Å²) in [6.45, 7) is 2.98. The number of H-pyrrole nitrogens is 1. The number of carbonyl (C=O) groups excluding carboxylic acids is 2. The SMILES string of the molecule is Cc1nc(SCC(=O)N[C@@H]2CCCN(C(=O)c3ccco3)C2)n[nH]1. The van der Waals surface area contributed by atoms with E-state index in [9.17, 15) is 9.59 Å². The van der Waals surface area contributed by atoms with Crippen LogP contribution in [0.25, 0.3) is 0 Å². The molecule has 9 heteroatoms. The highest BCUT2D eigenvalue weighted by Gasteiger charge is 2.26. The van der Waals surface area contributed by atoms with Crippen LogP contribution in [0.15, 0.2) is 28.0 Å². The molecule has 3 rings (SSSR count). The lowest BCUT2D eigenvalue weighted by Crippen LogP contribution is -2.50. The summed E-state index contributed by atoms with van der Waals surface area (Å²) in [7, 11) is 0. The highest BCUT2D eigenvalue weighted by Crippen LogP contribution is 2.15. The topological polar surface area (TPSA) is 104 Å². The molecule has 1 fully saturated rings. The van der Waals surface area contributed by atoms with Crippen LogP contribution in [-0.4, -0.2) is 56.8 Å². The molecule has 128 valence electrons. The van der Waals surface area contributed by atoms with Crippen molar-refractivity contribution in [2.75, 3.05) is 18.8 Å². The van der Waals surface area contributed by atoms with Crippen LogP contribution in [0, 0.1) is 6.92 Å². The second-order valence-electron chi connectivity index (χ2n) is 5.63. The fraction of sp³-hybridized carbons (Fsp3) is 0.467. The van der Waals surface area contributed by atoms with E-state index in [0.29, 0.717) is 24.0 Å². The third-order valence-corrected chi connectivity index (χ3v) is 4.56. The fourth-order valence-electron chi connectivity index (χ4n) is 2.62. The van der Waals surface area contributed by atoms with Crippen LogP contribution >= 0.6 is 11.8 Å². The Hall–Kier alpha value is -2.29. The van der Waals surface area contributed by atoms with E-state index in [4.69, 9.17) is 4.42 Å². The molecule has 1 aliphatic rings. The van der Waals surface area contributed by atoms with Crippen LogP contribution in [0.2, 0.25) is 0 Å². The second-order valence-corrected chi connectivity index (χ2v) is 6.57. The van der Waals surface area contributed by atoms with Crippen molar-refractivity contribution in [3.63, 3.8) is 0 Å². The molecule has 0 unspecified atom stereocenters. The molecule has 0 aromatic carbocycles. The van der Waals surface area contributed by atoms with Gasteiger partial charge in [0, 0.05) is 19.1 Å². The Kier molecular flexibility index (Phi) is 5.19. The first-order chi connectivity index (χ1) is 11.6. The average Bonchev–Trinajstić information content (AvgIpc) is 3.24. The van der Waals surface area contributed by atoms with Crippen molar-refractivity contribution < 1.29 is 14.0 Å². The Morgan fingerprint density at radius 2 is 2.42 bits per heavy atom. The Morgan fingerprint density at radius 3 is 3.12 bits per heavy atom. The Labute approximate surface area is 143 Å². The fourth-order valence-corrected chi connectivity index (χ4v) is 3.28. The van der Waals surface area contributed by atoms with Gasteiger partial charge in [-0.3, -0.25) is 14.7 Å². The third-order valence-electron chi connectivity index (χ3n) is 3.71. The molecule has 0 radical (unpaired) electrons. The molecule has 2 aromatic heterocycles. The van der Waals surface area contributed by atoms with E-state index in [0.717, 1.165) is 18.7 Å². The van der Waals surface area contributed by atoms with Crippen molar-refractivity contribution in [2.45, 2.75) is 31.0 Å². The Morgan fingerprint density at radius 1 is 1.54 bits per heavy atom. The summed E-state index contributed by atoms with van der Waals surface area (Å²) < 4.78 is 5.16. The first kappa shape index (κ1) is 16.6. The number of carbonyl (C=O) groups is 2. The van der Waals surface area contributed by atoms with Gasteiger partial charge in [-0.15, -0.1) is 5.10 Å². The van der Waals surface area contributed by atoms with Gasteiger partial charge in [-0.1, -0.05) is 11.8 Å². The number of rotatable bonds is 5. The summed E-state index contributed by atoms with van der Waals surface area (Å²) in [6, 6.07) is 3.30. The zero-order valence-corrected chi connectivity index (χ0v) is 14.1. The van der Waals surface area contributed by atoms with Gasteiger partial charge in [0.15, 0.2) is 5.76 Å². The minimum atomic E-state index is -0.135. The summed E-state index contributed by atoms with van der Waals surface area (Å²) in [5.41, 5.74) is 0. The molecular formula is C15H19N5O3S. The molecule has 1 saturated heterocycles. The molecule has 24 heavy (non-hydrogen) atoms. The van der Waals surface area contributed by atoms with Crippen molar-refractivity contribution in [1.82, 2.24) is 25.4 Å². The number of aryl methyl sites for hydroxylation is 1. The number of likely N-dealkylation sites (tertiary alicyclic amines) is 1. The Bertz CT molecular complexity index is 700. The number of nitrogens with one attached hydrogen (secondary N) is 2. The number of aromatic nitrogens is 3. The van der Waals surface area contributed by atoms with E-state index in [2.05, 4.69) is 20.5 Å². The van der Waals surface area contributed by atoms with Gasteiger partial charge < -0.3 is 14.6 Å². The van der Waals surface area contributed by atoms with E-state index in [1.54, 1.807) is 17.0 Å². The smallest absolute Gasteiger partial charge is 0.289 e. The maximum atomic E-state index is 12.3. The van der Waals surface area contributed by atoms with Gasteiger partial charge in [0.2, 0.25) is 11.1 Å².